The number of carboxylic acids is 1. The summed E-state index contributed by atoms with van der Waals surface area (Å²) in [4.78, 5) is 22.1. The minimum Gasteiger partial charge on any atom is -0.478 e. The third-order valence-corrected chi connectivity index (χ3v) is 6.73. The van der Waals surface area contributed by atoms with Crippen LogP contribution in [0.2, 0.25) is 5.02 Å². The van der Waals surface area contributed by atoms with Gasteiger partial charge in [-0.25, -0.2) is 19.2 Å². The van der Waals surface area contributed by atoms with Crippen LogP contribution in [0.1, 0.15) is 38.6 Å². The predicted octanol–water partition coefficient (Wildman–Crippen LogP) is 5.62. The first-order valence-corrected chi connectivity index (χ1v) is 11.9. The molecular weight excluding hydrogens is 528 g/mol. The maximum Gasteiger partial charge on any atom is 0.421 e. The van der Waals surface area contributed by atoms with Crippen molar-refractivity contribution in [2.75, 3.05) is 6.54 Å². The number of fused-ring (bicyclic) bond motifs is 2. The number of aryl methyl sites for hydroxylation is 1. The summed E-state index contributed by atoms with van der Waals surface area (Å²) in [7, 11) is 1.78. The number of carbonyl (C=O) groups is 1. The molecule has 1 aliphatic heterocycles. The van der Waals surface area contributed by atoms with Crippen molar-refractivity contribution in [1.29, 1.82) is 0 Å². The van der Waals surface area contributed by atoms with Gasteiger partial charge in [-0.15, -0.1) is 0 Å². The van der Waals surface area contributed by atoms with E-state index in [4.69, 9.17) is 16.3 Å². The van der Waals surface area contributed by atoms with Crippen LogP contribution in [-0.4, -0.2) is 37.1 Å². The first kappa shape index (κ1) is 25.9. The van der Waals surface area contributed by atoms with Crippen LogP contribution >= 0.6 is 11.6 Å². The lowest BCUT2D eigenvalue weighted by atomic mass is 10.0. The fraction of sp³-hybridized carbons (Fsp3) is 0.269. The van der Waals surface area contributed by atoms with Crippen LogP contribution < -0.4 is 4.74 Å². The monoisotopic (exact) mass is 548 g/mol. The second-order valence-electron chi connectivity index (χ2n) is 9.03. The zero-order valence-corrected chi connectivity index (χ0v) is 20.8. The molecule has 0 saturated heterocycles. The summed E-state index contributed by atoms with van der Waals surface area (Å²) in [6.45, 7) is 0.663. The van der Waals surface area contributed by atoms with Crippen LogP contribution in [0, 0.1) is 5.82 Å². The van der Waals surface area contributed by atoms with E-state index in [0.717, 1.165) is 12.1 Å². The Balaban J connectivity index is 1.39. The van der Waals surface area contributed by atoms with Crippen LogP contribution in [0.15, 0.2) is 42.5 Å². The van der Waals surface area contributed by atoms with Crippen LogP contribution in [0.5, 0.6) is 5.88 Å². The number of pyridine rings is 1. The molecule has 2 aromatic carbocycles. The Labute approximate surface area is 219 Å². The summed E-state index contributed by atoms with van der Waals surface area (Å²) in [6.07, 6.45) is -4.36. The molecule has 1 aliphatic rings. The zero-order valence-electron chi connectivity index (χ0n) is 20.0. The first-order chi connectivity index (χ1) is 18.0. The number of alkyl halides is 3. The molecule has 0 radical (unpaired) electrons. The Morgan fingerprint density at radius 2 is 1.95 bits per heavy atom. The number of imidazole rings is 1. The minimum atomic E-state index is -4.70. The first-order valence-electron chi connectivity index (χ1n) is 11.6. The number of ether oxygens (including phenoxy) is 1. The van der Waals surface area contributed by atoms with Crippen molar-refractivity contribution in [1.82, 2.24) is 19.4 Å². The molecule has 38 heavy (non-hydrogen) atoms. The molecule has 0 unspecified atom stereocenters. The topological polar surface area (TPSA) is 80.5 Å². The van der Waals surface area contributed by atoms with E-state index in [9.17, 15) is 27.5 Å². The summed E-state index contributed by atoms with van der Waals surface area (Å²) in [6, 6.07) is 9.56. The SMILES string of the molecule is Cn1c(CN2CCc3cc(C(F)(F)F)c(OCc4ccc(Cl)cc4F)nc3C2)nc2ccc(C(=O)O)cc21. The second kappa shape index (κ2) is 9.88. The molecule has 0 aliphatic carbocycles. The minimum absolute atomic E-state index is 0.0524. The summed E-state index contributed by atoms with van der Waals surface area (Å²) in [5, 5.41) is 9.43. The van der Waals surface area contributed by atoms with Crippen molar-refractivity contribution in [2.45, 2.75) is 32.3 Å². The van der Waals surface area contributed by atoms with Crippen molar-refractivity contribution in [2.24, 2.45) is 7.05 Å². The molecule has 12 heteroatoms. The molecule has 0 spiro atoms. The van der Waals surface area contributed by atoms with Gasteiger partial charge in [0.05, 0.1) is 28.8 Å². The van der Waals surface area contributed by atoms with E-state index < -0.39 is 36.0 Å². The zero-order chi connectivity index (χ0) is 27.2. The van der Waals surface area contributed by atoms with E-state index in [2.05, 4.69) is 9.97 Å². The lowest BCUT2D eigenvalue weighted by Gasteiger charge is -2.29. The molecule has 3 heterocycles. The van der Waals surface area contributed by atoms with Gasteiger partial charge in [-0.2, -0.15) is 13.2 Å². The molecule has 1 N–H and O–H groups in total. The van der Waals surface area contributed by atoms with Crippen molar-refractivity contribution < 1.29 is 32.2 Å². The van der Waals surface area contributed by atoms with Crippen molar-refractivity contribution in [3.63, 3.8) is 0 Å². The molecule has 198 valence electrons. The normalized spacial score (nSPS) is 14.1. The fourth-order valence-electron chi connectivity index (χ4n) is 4.44. The summed E-state index contributed by atoms with van der Waals surface area (Å²) >= 11 is 5.75. The summed E-state index contributed by atoms with van der Waals surface area (Å²) < 4.78 is 62.7. The van der Waals surface area contributed by atoms with Gasteiger partial charge in [-0.3, -0.25) is 4.90 Å². The third-order valence-electron chi connectivity index (χ3n) is 6.50. The number of hydrogen-bond donors (Lipinski definition) is 1. The van der Waals surface area contributed by atoms with Gasteiger partial charge < -0.3 is 14.4 Å². The van der Waals surface area contributed by atoms with Gasteiger partial charge in [0.25, 0.3) is 0 Å². The maximum absolute atomic E-state index is 14.1. The van der Waals surface area contributed by atoms with Crippen LogP contribution in [-0.2, 0) is 39.3 Å². The molecule has 0 atom stereocenters. The molecule has 7 nitrogen and oxygen atoms in total. The van der Waals surface area contributed by atoms with Crippen LogP contribution in [0.25, 0.3) is 11.0 Å². The van der Waals surface area contributed by atoms with E-state index in [1.165, 1.54) is 18.2 Å². The van der Waals surface area contributed by atoms with Crippen LogP contribution in [0.3, 0.4) is 0 Å². The standard InChI is InChI=1S/C26H21ClF4N4O3/c1-34-22-9-15(25(36)37)3-5-20(22)32-23(34)12-35-7-6-14-8-18(26(29,30)31)24(33-21(14)11-35)38-13-16-2-4-17(27)10-19(16)28/h2-5,8-10H,6-7,11-13H2,1H3,(H,36,37). The average molecular weight is 549 g/mol. The number of halogens is 5. The summed E-state index contributed by atoms with van der Waals surface area (Å²) in [5.74, 6) is -1.67. The predicted molar refractivity (Wildman–Crippen MR) is 130 cm³/mol. The molecule has 4 aromatic rings. The Morgan fingerprint density at radius 3 is 2.66 bits per heavy atom. The van der Waals surface area contributed by atoms with E-state index in [1.54, 1.807) is 23.7 Å². The van der Waals surface area contributed by atoms with E-state index >= 15 is 0 Å². The van der Waals surface area contributed by atoms with Crippen molar-refractivity contribution >= 4 is 28.6 Å². The smallest absolute Gasteiger partial charge is 0.421 e. The van der Waals surface area contributed by atoms with E-state index in [1.807, 2.05) is 4.90 Å². The Bertz CT molecular complexity index is 1550. The van der Waals surface area contributed by atoms with Crippen molar-refractivity contribution in [3.8, 4) is 5.88 Å². The number of aromatic nitrogens is 3. The van der Waals surface area contributed by atoms with Gasteiger partial charge in [-0.05, 0) is 48.4 Å². The molecule has 5 rings (SSSR count). The molecular formula is C26H21ClF4N4O3. The Kier molecular flexibility index (Phi) is 6.74. The van der Waals surface area contributed by atoms with Crippen molar-refractivity contribution in [3.05, 3.63) is 87.1 Å². The largest absolute Gasteiger partial charge is 0.478 e. The molecule has 0 amide bonds. The van der Waals surface area contributed by atoms with E-state index in [-0.39, 0.29) is 22.7 Å². The number of hydrogen-bond acceptors (Lipinski definition) is 5. The second-order valence-corrected chi connectivity index (χ2v) is 9.46. The van der Waals surface area contributed by atoms with Gasteiger partial charge in [-0.1, -0.05) is 17.7 Å². The maximum atomic E-state index is 14.1. The molecule has 0 fully saturated rings. The Hall–Kier alpha value is -3.70. The van der Waals surface area contributed by atoms with Gasteiger partial charge in [0.15, 0.2) is 0 Å². The van der Waals surface area contributed by atoms with Gasteiger partial charge in [0.2, 0.25) is 5.88 Å². The van der Waals surface area contributed by atoms with Gasteiger partial charge in [0, 0.05) is 30.7 Å². The highest BCUT2D eigenvalue weighted by Crippen LogP contribution is 2.38. The lowest BCUT2D eigenvalue weighted by molar-refractivity contribution is -0.139. The highest BCUT2D eigenvalue weighted by molar-refractivity contribution is 6.30. The third kappa shape index (κ3) is 5.16. The Morgan fingerprint density at radius 1 is 1.16 bits per heavy atom. The quantitative estimate of drug-likeness (QED) is 0.315. The average Bonchev–Trinajstić information content (AvgIpc) is 3.16. The summed E-state index contributed by atoms with van der Waals surface area (Å²) in [5.41, 5.74) is 1.39. The molecule has 0 bridgehead atoms. The number of aromatic carboxylic acids is 1. The highest BCUT2D eigenvalue weighted by Gasteiger charge is 2.37. The molecule has 0 saturated carbocycles. The number of benzene rings is 2. The lowest BCUT2D eigenvalue weighted by Crippen LogP contribution is -2.32. The molecule has 2 aromatic heterocycles. The van der Waals surface area contributed by atoms with Gasteiger partial charge >= 0.3 is 12.1 Å². The highest BCUT2D eigenvalue weighted by atomic mass is 35.5. The van der Waals surface area contributed by atoms with E-state index in [0.29, 0.717) is 47.6 Å². The number of nitrogens with zero attached hydrogens (tertiary/aromatic N) is 4. The van der Waals surface area contributed by atoms with Crippen LogP contribution in [0.4, 0.5) is 17.6 Å². The fourth-order valence-corrected chi connectivity index (χ4v) is 4.60. The number of rotatable bonds is 6. The van der Waals surface area contributed by atoms with Gasteiger partial charge in [0.1, 0.15) is 23.8 Å². The number of carboxylic acid groups (broad SMARTS) is 1.